The summed E-state index contributed by atoms with van der Waals surface area (Å²) < 4.78 is 17.2. The lowest BCUT2D eigenvalue weighted by molar-refractivity contribution is -0.140. The third-order valence-electron chi connectivity index (χ3n) is 6.64. The summed E-state index contributed by atoms with van der Waals surface area (Å²) in [7, 11) is 5.36. The van der Waals surface area contributed by atoms with Gasteiger partial charge in [-0.15, -0.1) is 0 Å². The van der Waals surface area contributed by atoms with Gasteiger partial charge in [0.05, 0.1) is 25.3 Å². The molecule has 0 aliphatic carbocycles. The van der Waals surface area contributed by atoms with Gasteiger partial charge in [0.15, 0.2) is 11.5 Å². The molecule has 0 aromatic heterocycles. The molecule has 210 valence electrons. The number of hydrogen-bond donors (Lipinski definition) is 1. The standard InChI is InChI=1S/C31H40N2O6/c1-7-9-10-18-39-25-14-11-22(20-26(25)37-6)28-27(30(35)31(36)33(28)16-15-32(4)5)29(34)23-12-13-24(21(3)19-23)38-17-8-2/h8,11-14,19-20,28,34H,2,7,9-10,15-18H2,1,3-6H3. The Morgan fingerprint density at radius 3 is 2.46 bits per heavy atom. The average molecular weight is 537 g/mol. The lowest BCUT2D eigenvalue weighted by Gasteiger charge is -2.27. The molecule has 0 spiro atoms. The van der Waals surface area contributed by atoms with Crippen LogP contribution in [0, 0.1) is 6.92 Å². The Morgan fingerprint density at radius 2 is 1.82 bits per heavy atom. The number of unbranched alkanes of at least 4 members (excludes halogenated alkanes) is 2. The number of aryl methyl sites for hydroxylation is 1. The number of benzene rings is 2. The van der Waals surface area contributed by atoms with Crippen molar-refractivity contribution in [2.24, 2.45) is 0 Å². The summed E-state index contributed by atoms with van der Waals surface area (Å²) >= 11 is 0. The summed E-state index contributed by atoms with van der Waals surface area (Å²) in [6.07, 6.45) is 4.75. The molecule has 1 aliphatic heterocycles. The van der Waals surface area contributed by atoms with E-state index in [-0.39, 0.29) is 11.3 Å². The smallest absolute Gasteiger partial charge is 0.295 e. The fourth-order valence-electron chi connectivity index (χ4n) is 4.54. The highest BCUT2D eigenvalue weighted by Gasteiger charge is 2.46. The van der Waals surface area contributed by atoms with Gasteiger partial charge < -0.3 is 29.1 Å². The number of Topliss-reactive ketones (excluding diaryl/α,β-unsaturated/α-hetero) is 1. The number of carbonyl (C=O) groups excluding carboxylic acids is 2. The summed E-state index contributed by atoms with van der Waals surface area (Å²) in [6, 6.07) is 9.76. The molecule has 1 atom stereocenters. The first-order valence-corrected chi connectivity index (χ1v) is 13.3. The van der Waals surface area contributed by atoms with Crippen molar-refractivity contribution in [1.29, 1.82) is 0 Å². The Balaban J connectivity index is 2.08. The highest BCUT2D eigenvalue weighted by molar-refractivity contribution is 6.46. The predicted molar refractivity (Wildman–Crippen MR) is 152 cm³/mol. The van der Waals surface area contributed by atoms with Crippen LogP contribution < -0.4 is 14.2 Å². The van der Waals surface area contributed by atoms with Crippen molar-refractivity contribution < 1.29 is 28.9 Å². The van der Waals surface area contributed by atoms with Crippen LogP contribution in [-0.4, -0.2) is 74.1 Å². The summed E-state index contributed by atoms with van der Waals surface area (Å²) in [4.78, 5) is 30.1. The first-order chi connectivity index (χ1) is 18.7. The summed E-state index contributed by atoms with van der Waals surface area (Å²) in [5.74, 6) is 0.136. The number of rotatable bonds is 14. The molecule has 0 saturated carbocycles. The van der Waals surface area contributed by atoms with Gasteiger partial charge in [0.25, 0.3) is 11.7 Å². The molecule has 3 rings (SSSR count). The van der Waals surface area contributed by atoms with E-state index in [1.165, 1.54) is 4.90 Å². The highest BCUT2D eigenvalue weighted by Crippen LogP contribution is 2.42. The molecule has 1 aliphatic rings. The van der Waals surface area contributed by atoms with Crippen molar-refractivity contribution >= 4 is 17.4 Å². The number of aliphatic hydroxyl groups excluding tert-OH is 1. The fraction of sp³-hybridized carbons (Fsp3) is 0.419. The first kappa shape index (κ1) is 29.8. The van der Waals surface area contributed by atoms with Crippen molar-refractivity contribution in [1.82, 2.24) is 9.80 Å². The zero-order chi connectivity index (χ0) is 28.5. The van der Waals surface area contributed by atoms with Crippen LogP contribution in [0.15, 0.2) is 54.6 Å². The van der Waals surface area contributed by atoms with E-state index in [0.717, 1.165) is 24.8 Å². The van der Waals surface area contributed by atoms with Gasteiger partial charge in [0, 0.05) is 18.7 Å². The maximum absolute atomic E-state index is 13.4. The van der Waals surface area contributed by atoms with E-state index < -0.39 is 17.7 Å². The van der Waals surface area contributed by atoms with Gasteiger partial charge in [-0.25, -0.2) is 0 Å². The minimum Gasteiger partial charge on any atom is -0.507 e. The van der Waals surface area contributed by atoms with E-state index in [2.05, 4.69) is 13.5 Å². The van der Waals surface area contributed by atoms with Crippen LogP contribution in [0.2, 0.25) is 0 Å². The Hall–Kier alpha value is -3.78. The second kappa shape index (κ2) is 13.8. The minimum atomic E-state index is -0.787. The number of carbonyl (C=O) groups is 2. The zero-order valence-corrected chi connectivity index (χ0v) is 23.7. The molecule has 1 heterocycles. The van der Waals surface area contributed by atoms with E-state index in [9.17, 15) is 14.7 Å². The summed E-state index contributed by atoms with van der Waals surface area (Å²) in [6.45, 7) is 9.42. The first-order valence-electron chi connectivity index (χ1n) is 13.3. The number of likely N-dealkylation sites (tertiary alicyclic amines) is 1. The molecule has 0 bridgehead atoms. The molecule has 1 unspecified atom stereocenters. The van der Waals surface area contributed by atoms with Gasteiger partial charge in [-0.3, -0.25) is 9.59 Å². The molecule has 1 amide bonds. The molecule has 8 nitrogen and oxygen atoms in total. The Morgan fingerprint density at radius 1 is 1.08 bits per heavy atom. The quantitative estimate of drug-likeness (QED) is 0.118. The van der Waals surface area contributed by atoms with E-state index in [1.54, 1.807) is 43.5 Å². The largest absolute Gasteiger partial charge is 0.507 e. The predicted octanol–water partition coefficient (Wildman–Crippen LogP) is 5.12. The van der Waals surface area contributed by atoms with Crippen molar-refractivity contribution in [3.63, 3.8) is 0 Å². The molecule has 1 saturated heterocycles. The van der Waals surface area contributed by atoms with Crippen LogP contribution in [0.1, 0.15) is 48.9 Å². The number of nitrogens with zero attached hydrogens (tertiary/aromatic N) is 2. The lowest BCUT2D eigenvalue weighted by atomic mass is 9.94. The van der Waals surface area contributed by atoms with Crippen LogP contribution in [0.5, 0.6) is 17.2 Å². The SMILES string of the molecule is C=CCOc1ccc(C(O)=C2C(=O)C(=O)N(CCN(C)C)C2c2ccc(OCCCCC)c(OC)c2)cc1C. The van der Waals surface area contributed by atoms with Gasteiger partial charge in [-0.05, 0) is 68.9 Å². The Labute approximate surface area is 231 Å². The van der Waals surface area contributed by atoms with Crippen LogP contribution in [0.25, 0.3) is 5.76 Å². The van der Waals surface area contributed by atoms with Crippen LogP contribution in [-0.2, 0) is 9.59 Å². The van der Waals surface area contributed by atoms with Crippen molar-refractivity contribution in [2.75, 3.05) is 47.5 Å². The maximum atomic E-state index is 13.4. The van der Waals surface area contributed by atoms with E-state index in [0.29, 0.717) is 54.7 Å². The van der Waals surface area contributed by atoms with Gasteiger partial charge in [0.1, 0.15) is 18.1 Å². The third kappa shape index (κ3) is 7.00. The summed E-state index contributed by atoms with van der Waals surface area (Å²) in [5.41, 5.74) is 1.90. The van der Waals surface area contributed by atoms with Crippen molar-refractivity contribution in [3.05, 3.63) is 71.3 Å². The zero-order valence-electron chi connectivity index (χ0n) is 23.7. The minimum absolute atomic E-state index is 0.0385. The van der Waals surface area contributed by atoms with Crippen LogP contribution in [0.3, 0.4) is 0 Å². The number of ether oxygens (including phenoxy) is 3. The van der Waals surface area contributed by atoms with Gasteiger partial charge in [0.2, 0.25) is 0 Å². The Bertz CT molecular complexity index is 1220. The van der Waals surface area contributed by atoms with Crippen LogP contribution in [0.4, 0.5) is 0 Å². The molecule has 39 heavy (non-hydrogen) atoms. The number of ketones is 1. The number of methoxy groups -OCH3 is 1. The second-order valence-corrected chi connectivity index (χ2v) is 9.84. The number of hydrogen-bond acceptors (Lipinski definition) is 7. The molecule has 1 N–H and O–H groups in total. The molecular weight excluding hydrogens is 496 g/mol. The van der Waals surface area contributed by atoms with Crippen molar-refractivity contribution in [2.45, 2.75) is 39.2 Å². The Kier molecular flexibility index (Phi) is 10.6. The monoisotopic (exact) mass is 536 g/mol. The summed E-state index contributed by atoms with van der Waals surface area (Å²) in [5, 5.41) is 11.4. The molecule has 2 aromatic carbocycles. The number of aliphatic hydroxyl groups is 1. The second-order valence-electron chi connectivity index (χ2n) is 9.84. The van der Waals surface area contributed by atoms with E-state index in [4.69, 9.17) is 14.2 Å². The van der Waals surface area contributed by atoms with Crippen LogP contribution >= 0.6 is 0 Å². The number of amides is 1. The topological polar surface area (TPSA) is 88.5 Å². The van der Waals surface area contributed by atoms with Gasteiger partial charge in [-0.2, -0.15) is 0 Å². The molecule has 1 fully saturated rings. The molecule has 0 radical (unpaired) electrons. The lowest BCUT2D eigenvalue weighted by Crippen LogP contribution is -2.35. The molecule has 2 aromatic rings. The van der Waals surface area contributed by atoms with Crippen molar-refractivity contribution in [3.8, 4) is 17.2 Å². The highest BCUT2D eigenvalue weighted by atomic mass is 16.5. The number of likely N-dealkylation sites (N-methyl/N-ethyl adjacent to an activating group) is 1. The molecular formula is C31H40N2O6. The van der Waals surface area contributed by atoms with Gasteiger partial charge in [-0.1, -0.05) is 38.5 Å². The average Bonchev–Trinajstić information content (AvgIpc) is 3.18. The fourth-order valence-corrected chi connectivity index (χ4v) is 4.54. The third-order valence-corrected chi connectivity index (χ3v) is 6.64. The van der Waals surface area contributed by atoms with E-state index in [1.807, 2.05) is 32.0 Å². The van der Waals surface area contributed by atoms with Gasteiger partial charge >= 0.3 is 0 Å². The van der Waals surface area contributed by atoms with E-state index >= 15 is 0 Å². The normalized spacial score (nSPS) is 16.6. The molecule has 8 heteroatoms. The maximum Gasteiger partial charge on any atom is 0.295 e.